The fourth-order valence-corrected chi connectivity index (χ4v) is 5.44. The highest BCUT2D eigenvalue weighted by Gasteiger charge is 2.29. The molecule has 1 N–H and O–H groups in total. The monoisotopic (exact) mass is 545 g/mol. The molecule has 0 spiro atoms. The number of aryl methyl sites for hydroxylation is 1. The number of nitrogens with one attached hydrogen (secondary N) is 1. The topological polar surface area (TPSA) is 105 Å². The first-order valence-corrected chi connectivity index (χ1v) is 15.0. The first kappa shape index (κ1) is 29.3. The summed E-state index contributed by atoms with van der Waals surface area (Å²) in [5, 5.41) is 2.91. The van der Waals surface area contributed by atoms with Crippen LogP contribution in [-0.2, 0) is 26.2 Å². The minimum atomic E-state index is -3.61. The van der Waals surface area contributed by atoms with Crippen LogP contribution in [0.4, 0.5) is 5.69 Å². The lowest BCUT2D eigenvalue weighted by Crippen LogP contribution is -2.49. The molecule has 0 saturated carbocycles. The van der Waals surface area contributed by atoms with E-state index in [4.69, 9.17) is 9.47 Å². The van der Waals surface area contributed by atoms with Gasteiger partial charge in [0, 0.05) is 32.1 Å². The average molecular weight is 546 g/mol. The van der Waals surface area contributed by atoms with Crippen molar-refractivity contribution in [3.05, 3.63) is 53.6 Å². The molecule has 1 heterocycles. The molecule has 0 unspecified atom stereocenters. The Morgan fingerprint density at radius 3 is 2.45 bits per heavy atom. The van der Waals surface area contributed by atoms with Gasteiger partial charge in [0.1, 0.15) is 19.3 Å². The molecule has 3 rings (SSSR count). The van der Waals surface area contributed by atoms with E-state index in [2.05, 4.69) is 5.32 Å². The van der Waals surface area contributed by atoms with Crippen molar-refractivity contribution in [1.29, 1.82) is 0 Å². The van der Waals surface area contributed by atoms with E-state index in [9.17, 15) is 18.0 Å². The first-order valence-electron chi connectivity index (χ1n) is 13.1. The Kier molecular flexibility index (Phi) is 10.4. The van der Waals surface area contributed by atoms with E-state index in [0.717, 1.165) is 23.8 Å². The van der Waals surface area contributed by atoms with Gasteiger partial charge in [0.05, 0.1) is 11.9 Å². The second-order valence-electron chi connectivity index (χ2n) is 9.49. The van der Waals surface area contributed by atoms with Crippen molar-refractivity contribution in [3.8, 4) is 11.5 Å². The molecule has 0 saturated heterocycles. The Bertz CT molecular complexity index is 1220. The summed E-state index contributed by atoms with van der Waals surface area (Å²) < 4.78 is 37.7. The van der Waals surface area contributed by atoms with Crippen LogP contribution >= 0.6 is 0 Å². The van der Waals surface area contributed by atoms with Gasteiger partial charge in [-0.05, 0) is 43.9 Å². The smallest absolute Gasteiger partial charge is 0.242 e. The van der Waals surface area contributed by atoms with Gasteiger partial charge in [0.25, 0.3) is 0 Å². The molecule has 1 aliphatic rings. The number of hydrogen-bond acceptors (Lipinski definition) is 6. The lowest BCUT2D eigenvalue weighted by Gasteiger charge is -2.31. The SMILES string of the molecule is CCCNC(=O)[C@H](CC)N(Cc1cccc(C)c1)C(=O)CCCN(c1ccc2c(c1)OCCO2)S(C)(=O)=O. The van der Waals surface area contributed by atoms with Crippen LogP contribution < -0.4 is 19.1 Å². The van der Waals surface area contributed by atoms with E-state index in [1.807, 2.05) is 45.0 Å². The van der Waals surface area contributed by atoms with Crippen molar-refractivity contribution in [2.45, 2.75) is 59.0 Å². The second-order valence-corrected chi connectivity index (χ2v) is 11.4. The van der Waals surface area contributed by atoms with Gasteiger partial charge in [-0.2, -0.15) is 0 Å². The fraction of sp³-hybridized carbons (Fsp3) is 0.500. The summed E-state index contributed by atoms with van der Waals surface area (Å²) in [6.07, 6.45) is 2.80. The van der Waals surface area contributed by atoms with E-state index in [-0.39, 0.29) is 31.2 Å². The van der Waals surface area contributed by atoms with E-state index < -0.39 is 16.1 Å². The maximum absolute atomic E-state index is 13.5. The van der Waals surface area contributed by atoms with Gasteiger partial charge >= 0.3 is 0 Å². The van der Waals surface area contributed by atoms with Crippen molar-refractivity contribution < 1.29 is 27.5 Å². The Labute approximate surface area is 226 Å². The Morgan fingerprint density at radius 1 is 1.05 bits per heavy atom. The van der Waals surface area contributed by atoms with Crippen molar-refractivity contribution >= 4 is 27.5 Å². The van der Waals surface area contributed by atoms with Crippen LogP contribution in [0.2, 0.25) is 0 Å². The molecule has 1 atom stereocenters. The maximum atomic E-state index is 13.5. The van der Waals surface area contributed by atoms with Crippen molar-refractivity contribution in [1.82, 2.24) is 10.2 Å². The summed E-state index contributed by atoms with van der Waals surface area (Å²) in [7, 11) is -3.61. The number of fused-ring (bicyclic) bond motifs is 1. The predicted molar refractivity (Wildman–Crippen MR) is 148 cm³/mol. The molecule has 0 bridgehead atoms. The molecule has 0 aromatic heterocycles. The molecule has 0 aliphatic carbocycles. The standard InChI is InChI=1S/C28H39N3O6S/c1-5-14-29-28(33)24(6-2)30(20-22-10-7-9-21(3)18-22)27(32)11-8-15-31(38(4,34)35)23-12-13-25-26(19-23)37-17-16-36-25/h7,9-10,12-13,18-19,24H,5-6,8,11,14-17,20H2,1-4H3,(H,29,33)/t24-/m0/s1. The van der Waals surface area contributed by atoms with Crippen LogP contribution in [0.15, 0.2) is 42.5 Å². The van der Waals surface area contributed by atoms with Gasteiger partial charge in [-0.25, -0.2) is 8.42 Å². The molecule has 2 amide bonds. The summed E-state index contributed by atoms with van der Waals surface area (Å²) in [5.74, 6) is 0.694. The Morgan fingerprint density at radius 2 is 1.79 bits per heavy atom. The number of carbonyl (C=O) groups is 2. The van der Waals surface area contributed by atoms with Crippen molar-refractivity contribution in [2.75, 3.05) is 36.9 Å². The van der Waals surface area contributed by atoms with Gasteiger partial charge < -0.3 is 19.7 Å². The summed E-state index contributed by atoms with van der Waals surface area (Å²) in [4.78, 5) is 28.1. The van der Waals surface area contributed by atoms with Gasteiger partial charge in [-0.1, -0.05) is 43.7 Å². The minimum Gasteiger partial charge on any atom is -0.486 e. The van der Waals surface area contributed by atoms with Crippen LogP contribution in [0.25, 0.3) is 0 Å². The number of ether oxygens (including phenoxy) is 2. The normalized spacial score (nSPS) is 13.5. The third-order valence-electron chi connectivity index (χ3n) is 6.34. The molecule has 9 nitrogen and oxygen atoms in total. The van der Waals surface area contributed by atoms with Crippen LogP contribution in [0.1, 0.15) is 50.7 Å². The first-order chi connectivity index (χ1) is 18.1. The number of anilines is 1. The lowest BCUT2D eigenvalue weighted by atomic mass is 10.1. The number of sulfonamides is 1. The van der Waals surface area contributed by atoms with Crippen molar-refractivity contribution in [2.24, 2.45) is 0 Å². The number of amides is 2. The summed E-state index contributed by atoms with van der Waals surface area (Å²) in [6, 6.07) is 12.3. The zero-order valence-electron chi connectivity index (χ0n) is 22.7. The highest BCUT2D eigenvalue weighted by atomic mass is 32.2. The van der Waals surface area contributed by atoms with E-state index in [1.165, 1.54) is 4.31 Å². The number of nitrogens with zero attached hydrogens (tertiary/aromatic N) is 2. The molecule has 2 aromatic carbocycles. The summed E-state index contributed by atoms with van der Waals surface area (Å²) >= 11 is 0. The molecule has 2 aromatic rings. The molecule has 0 fully saturated rings. The van der Waals surface area contributed by atoms with Gasteiger partial charge in [-0.3, -0.25) is 13.9 Å². The molecule has 10 heteroatoms. The molecule has 38 heavy (non-hydrogen) atoms. The number of carbonyl (C=O) groups excluding carboxylic acids is 2. The second kappa shape index (κ2) is 13.5. The van der Waals surface area contributed by atoms with E-state index >= 15 is 0 Å². The van der Waals surface area contributed by atoms with Gasteiger partial charge in [0.15, 0.2) is 11.5 Å². The Balaban J connectivity index is 1.76. The largest absolute Gasteiger partial charge is 0.486 e. The maximum Gasteiger partial charge on any atom is 0.242 e. The molecule has 0 radical (unpaired) electrons. The third kappa shape index (κ3) is 7.86. The van der Waals surface area contributed by atoms with Crippen LogP contribution in [0, 0.1) is 6.92 Å². The number of rotatable bonds is 13. The van der Waals surface area contributed by atoms with Crippen molar-refractivity contribution in [3.63, 3.8) is 0 Å². The Hall–Kier alpha value is -3.27. The highest BCUT2D eigenvalue weighted by Crippen LogP contribution is 2.34. The predicted octanol–water partition coefficient (Wildman–Crippen LogP) is 3.65. The van der Waals surface area contributed by atoms with E-state index in [0.29, 0.717) is 49.9 Å². The van der Waals surface area contributed by atoms with Crippen LogP contribution in [0.3, 0.4) is 0 Å². The summed E-state index contributed by atoms with van der Waals surface area (Å²) in [6.45, 7) is 7.65. The molecule has 208 valence electrons. The zero-order valence-corrected chi connectivity index (χ0v) is 23.6. The van der Waals surface area contributed by atoms with Crippen LogP contribution in [-0.4, -0.2) is 63.7 Å². The number of benzene rings is 2. The summed E-state index contributed by atoms with van der Waals surface area (Å²) in [5.41, 5.74) is 2.46. The fourth-order valence-electron chi connectivity index (χ4n) is 4.48. The molecule has 1 aliphatic heterocycles. The molecular formula is C28H39N3O6S. The highest BCUT2D eigenvalue weighted by molar-refractivity contribution is 7.92. The number of hydrogen-bond donors (Lipinski definition) is 1. The van der Waals surface area contributed by atoms with Gasteiger partial charge in [-0.15, -0.1) is 0 Å². The van der Waals surface area contributed by atoms with Gasteiger partial charge in [0.2, 0.25) is 21.8 Å². The average Bonchev–Trinajstić information content (AvgIpc) is 2.88. The van der Waals surface area contributed by atoms with E-state index in [1.54, 1.807) is 23.1 Å². The molecular weight excluding hydrogens is 506 g/mol. The zero-order chi connectivity index (χ0) is 27.7. The minimum absolute atomic E-state index is 0.0972. The third-order valence-corrected chi connectivity index (χ3v) is 7.53. The lowest BCUT2D eigenvalue weighted by molar-refractivity contribution is -0.141. The van der Waals surface area contributed by atoms with Crippen LogP contribution in [0.5, 0.6) is 11.5 Å². The quantitative estimate of drug-likeness (QED) is 0.412.